The first-order valence-corrected chi connectivity index (χ1v) is 7.11. The highest BCUT2D eigenvalue weighted by molar-refractivity contribution is 6.31. The SMILES string of the molecule is COCCNC(=O)c1ccnc(Nc2ccc(C)c(Cl)c2)n1. The van der Waals surface area contributed by atoms with Crippen molar-refractivity contribution in [2.45, 2.75) is 6.92 Å². The molecule has 0 unspecified atom stereocenters. The number of rotatable bonds is 6. The molecule has 0 saturated heterocycles. The molecule has 0 radical (unpaired) electrons. The summed E-state index contributed by atoms with van der Waals surface area (Å²) in [5.74, 6) is 0.0590. The molecule has 7 heteroatoms. The van der Waals surface area contributed by atoms with Crippen LogP contribution in [0.25, 0.3) is 0 Å². The van der Waals surface area contributed by atoms with Crippen molar-refractivity contribution in [1.82, 2.24) is 15.3 Å². The van der Waals surface area contributed by atoms with Gasteiger partial charge in [-0.1, -0.05) is 17.7 Å². The molecule has 2 aromatic rings. The van der Waals surface area contributed by atoms with Crippen molar-refractivity contribution in [2.24, 2.45) is 0 Å². The number of aryl methyl sites for hydroxylation is 1. The van der Waals surface area contributed by atoms with Gasteiger partial charge in [-0.05, 0) is 30.7 Å². The van der Waals surface area contributed by atoms with Gasteiger partial charge in [-0.15, -0.1) is 0 Å². The van der Waals surface area contributed by atoms with E-state index in [2.05, 4.69) is 20.6 Å². The van der Waals surface area contributed by atoms with Gasteiger partial charge in [-0.2, -0.15) is 0 Å². The first-order valence-electron chi connectivity index (χ1n) is 6.73. The number of hydrogen-bond acceptors (Lipinski definition) is 5. The molecule has 0 saturated carbocycles. The van der Waals surface area contributed by atoms with Crippen LogP contribution in [-0.4, -0.2) is 36.1 Å². The van der Waals surface area contributed by atoms with Gasteiger partial charge in [-0.25, -0.2) is 9.97 Å². The molecular formula is C15H17ClN4O2. The summed E-state index contributed by atoms with van der Waals surface area (Å²) in [7, 11) is 1.57. The molecule has 1 aromatic heterocycles. The van der Waals surface area contributed by atoms with Crippen molar-refractivity contribution in [1.29, 1.82) is 0 Å². The van der Waals surface area contributed by atoms with Crippen molar-refractivity contribution >= 4 is 29.1 Å². The average Bonchev–Trinajstić information content (AvgIpc) is 2.51. The van der Waals surface area contributed by atoms with Crippen LogP contribution in [0.15, 0.2) is 30.5 Å². The maximum Gasteiger partial charge on any atom is 0.270 e. The van der Waals surface area contributed by atoms with E-state index in [1.165, 1.54) is 6.20 Å². The summed E-state index contributed by atoms with van der Waals surface area (Å²) < 4.78 is 4.88. The number of halogens is 1. The van der Waals surface area contributed by atoms with Crippen molar-refractivity contribution in [2.75, 3.05) is 25.6 Å². The number of aromatic nitrogens is 2. The number of ether oxygens (including phenoxy) is 1. The zero-order chi connectivity index (χ0) is 15.9. The third-order valence-electron chi connectivity index (χ3n) is 2.91. The Morgan fingerprint density at radius 2 is 2.18 bits per heavy atom. The molecule has 0 bridgehead atoms. The molecule has 0 aliphatic heterocycles. The van der Waals surface area contributed by atoms with E-state index < -0.39 is 0 Å². The smallest absolute Gasteiger partial charge is 0.270 e. The normalized spacial score (nSPS) is 10.3. The molecule has 1 aromatic carbocycles. The third-order valence-corrected chi connectivity index (χ3v) is 3.32. The standard InChI is InChI=1S/C15H17ClN4O2/c1-10-3-4-11(9-12(10)16)19-15-18-6-5-13(20-15)14(21)17-7-8-22-2/h3-6,9H,7-8H2,1-2H3,(H,17,21)(H,18,19,20). The van der Waals surface area contributed by atoms with Gasteiger partial charge in [0.2, 0.25) is 5.95 Å². The maximum absolute atomic E-state index is 11.9. The summed E-state index contributed by atoms with van der Waals surface area (Å²) in [5, 5.41) is 6.38. The minimum atomic E-state index is -0.274. The van der Waals surface area contributed by atoms with Gasteiger partial charge >= 0.3 is 0 Å². The monoisotopic (exact) mass is 320 g/mol. The van der Waals surface area contributed by atoms with Gasteiger partial charge in [0, 0.05) is 30.6 Å². The van der Waals surface area contributed by atoms with E-state index in [0.717, 1.165) is 11.3 Å². The highest BCUT2D eigenvalue weighted by Crippen LogP contribution is 2.21. The Kier molecular flexibility index (Phi) is 5.68. The lowest BCUT2D eigenvalue weighted by Gasteiger charge is -2.08. The maximum atomic E-state index is 11.9. The minimum Gasteiger partial charge on any atom is -0.383 e. The van der Waals surface area contributed by atoms with Crippen molar-refractivity contribution in [3.05, 3.63) is 46.7 Å². The molecule has 1 heterocycles. The summed E-state index contributed by atoms with van der Waals surface area (Å²) in [4.78, 5) is 20.2. The van der Waals surface area contributed by atoms with E-state index in [1.54, 1.807) is 19.2 Å². The van der Waals surface area contributed by atoms with E-state index in [9.17, 15) is 4.79 Å². The summed E-state index contributed by atoms with van der Waals surface area (Å²) in [5.41, 5.74) is 2.03. The molecule has 2 rings (SSSR count). The van der Waals surface area contributed by atoms with Gasteiger partial charge in [0.05, 0.1) is 6.61 Å². The van der Waals surface area contributed by atoms with Crippen LogP contribution in [0.1, 0.15) is 16.1 Å². The molecule has 6 nitrogen and oxygen atoms in total. The number of carbonyl (C=O) groups is 1. The van der Waals surface area contributed by atoms with E-state index in [4.69, 9.17) is 16.3 Å². The minimum absolute atomic E-state index is 0.274. The van der Waals surface area contributed by atoms with Crippen molar-refractivity contribution in [3.8, 4) is 0 Å². The number of amides is 1. The van der Waals surface area contributed by atoms with Crippen LogP contribution in [0.3, 0.4) is 0 Å². The van der Waals surface area contributed by atoms with Crippen LogP contribution >= 0.6 is 11.6 Å². The summed E-state index contributed by atoms with van der Waals surface area (Å²) in [6.07, 6.45) is 1.52. The van der Waals surface area contributed by atoms with Gasteiger partial charge < -0.3 is 15.4 Å². The molecule has 0 aliphatic carbocycles. The first-order chi connectivity index (χ1) is 10.6. The van der Waals surface area contributed by atoms with Crippen molar-refractivity contribution in [3.63, 3.8) is 0 Å². The van der Waals surface area contributed by atoms with Gasteiger partial charge in [0.1, 0.15) is 5.69 Å². The number of anilines is 2. The Morgan fingerprint density at radius 3 is 2.91 bits per heavy atom. The summed E-state index contributed by atoms with van der Waals surface area (Å²) in [6.45, 7) is 2.80. The number of methoxy groups -OCH3 is 1. The average molecular weight is 321 g/mol. The fraction of sp³-hybridized carbons (Fsp3) is 0.267. The second kappa shape index (κ2) is 7.72. The van der Waals surface area contributed by atoms with E-state index in [0.29, 0.717) is 24.1 Å². The first kappa shape index (κ1) is 16.2. The van der Waals surface area contributed by atoms with E-state index >= 15 is 0 Å². The number of carbonyl (C=O) groups excluding carboxylic acids is 1. The van der Waals surface area contributed by atoms with Crippen LogP contribution in [-0.2, 0) is 4.74 Å². The highest BCUT2D eigenvalue weighted by Gasteiger charge is 2.08. The second-order valence-corrected chi connectivity index (χ2v) is 5.01. The number of hydrogen-bond donors (Lipinski definition) is 2. The lowest BCUT2D eigenvalue weighted by Crippen LogP contribution is -2.27. The van der Waals surface area contributed by atoms with Crippen molar-refractivity contribution < 1.29 is 9.53 Å². The van der Waals surface area contributed by atoms with Crippen LogP contribution in [0.5, 0.6) is 0 Å². The predicted octanol–water partition coefficient (Wildman–Crippen LogP) is 2.56. The second-order valence-electron chi connectivity index (χ2n) is 4.60. The quantitative estimate of drug-likeness (QED) is 0.800. The van der Waals surface area contributed by atoms with Gasteiger partial charge in [-0.3, -0.25) is 4.79 Å². The zero-order valence-electron chi connectivity index (χ0n) is 12.4. The Hall–Kier alpha value is -2.18. The lowest BCUT2D eigenvalue weighted by molar-refractivity contribution is 0.0932. The Balaban J connectivity index is 2.07. The summed E-state index contributed by atoms with van der Waals surface area (Å²) in [6, 6.07) is 7.10. The molecule has 0 aliphatic rings. The van der Waals surface area contributed by atoms with Crippen LogP contribution in [0.2, 0.25) is 5.02 Å². The lowest BCUT2D eigenvalue weighted by atomic mass is 10.2. The molecule has 116 valence electrons. The van der Waals surface area contributed by atoms with E-state index in [-0.39, 0.29) is 11.6 Å². The fourth-order valence-corrected chi connectivity index (χ4v) is 1.88. The number of benzene rings is 1. The summed E-state index contributed by atoms with van der Waals surface area (Å²) >= 11 is 6.08. The van der Waals surface area contributed by atoms with E-state index in [1.807, 2.05) is 19.1 Å². The number of nitrogens with one attached hydrogen (secondary N) is 2. The predicted molar refractivity (Wildman–Crippen MR) is 85.7 cm³/mol. The van der Waals surface area contributed by atoms with Crippen LogP contribution < -0.4 is 10.6 Å². The van der Waals surface area contributed by atoms with Crippen LogP contribution in [0.4, 0.5) is 11.6 Å². The molecule has 1 amide bonds. The molecule has 22 heavy (non-hydrogen) atoms. The Morgan fingerprint density at radius 1 is 1.36 bits per heavy atom. The molecule has 0 atom stereocenters. The van der Waals surface area contributed by atoms with Gasteiger partial charge in [0.15, 0.2) is 0 Å². The molecular weight excluding hydrogens is 304 g/mol. The van der Waals surface area contributed by atoms with Gasteiger partial charge in [0.25, 0.3) is 5.91 Å². The Labute approximate surface area is 133 Å². The number of nitrogens with zero attached hydrogens (tertiary/aromatic N) is 2. The molecule has 0 spiro atoms. The largest absolute Gasteiger partial charge is 0.383 e. The third kappa shape index (κ3) is 4.41. The highest BCUT2D eigenvalue weighted by atomic mass is 35.5. The molecule has 0 fully saturated rings. The zero-order valence-corrected chi connectivity index (χ0v) is 13.1. The Bertz CT molecular complexity index is 664. The fourth-order valence-electron chi connectivity index (χ4n) is 1.70. The molecule has 2 N–H and O–H groups in total. The topological polar surface area (TPSA) is 76.1 Å². The van der Waals surface area contributed by atoms with Crippen LogP contribution in [0, 0.1) is 6.92 Å².